The zero-order valence-corrected chi connectivity index (χ0v) is 9.20. The first-order chi connectivity index (χ1) is 8.13. The summed E-state index contributed by atoms with van der Waals surface area (Å²) < 4.78 is 1.77. The molecule has 1 aromatic carbocycles. The quantitative estimate of drug-likeness (QED) is 0.625. The highest BCUT2D eigenvalue weighted by molar-refractivity contribution is 5.57. The molecule has 1 aromatic heterocycles. The Morgan fingerprint density at radius 1 is 1.35 bits per heavy atom. The molecule has 0 amide bonds. The summed E-state index contributed by atoms with van der Waals surface area (Å²) in [7, 11) is 1.80. The van der Waals surface area contributed by atoms with E-state index in [1.807, 2.05) is 0 Å². The molecule has 0 saturated carbocycles. The number of nitro benzene ring substituents is 1. The second kappa shape index (κ2) is 4.30. The van der Waals surface area contributed by atoms with Gasteiger partial charge in [-0.1, -0.05) is 0 Å². The van der Waals surface area contributed by atoms with Crippen LogP contribution in [0.1, 0.15) is 5.82 Å². The first-order valence-electron chi connectivity index (χ1n) is 4.96. The lowest BCUT2D eigenvalue weighted by atomic mass is 10.2. The third kappa shape index (κ3) is 2.00. The molecule has 0 unspecified atom stereocenters. The van der Waals surface area contributed by atoms with Crippen molar-refractivity contribution in [1.82, 2.24) is 14.8 Å². The van der Waals surface area contributed by atoms with E-state index in [4.69, 9.17) is 5.73 Å². The fourth-order valence-corrected chi connectivity index (χ4v) is 1.52. The fraction of sp³-hybridized carbons (Fsp3) is 0.200. The van der Waals surface area contributed by atoms with E-state index in [0.717, 1.165) is 5.56 Å². The minimum absolute atomic E-state index is 0.0509. The van der Waals surface area contributed by atoms with Crippen LogP contribution in [0.2, 0.25) is 0 Å². The van der Waals surface area contributed by atoms with Crippen LogP contribution in [-0.4, -0.2) is 19.7 Å². The molecule has 0 aliphatic carbocycles. The van der Waals surface area contributed by atoms with Crippen LogP contribution in [-0.2, 0) is 13.6 Å². The molecule has 2 rings (SSSR count). The molecule has 2 N–H and O–H groups in total. The van der Waals surface area contributed by atoms with E-state index in [0.29, 0.717) is 18.2 Å². The van der Waals surface area contributed by atoms with Crippen LogP contribution in [0.25, 0.3) is 11.4 Å². The summed E-state index contributed by atoms with van der Waals surface area (Å²) in [4.78, 5) is 10.1. The average molecular weight is 233 g/mol. The monoisotopic (exact) mass is 233 g/mol. The number of benzene rings is 1. The van der Waals surface area contributed by atoms with Crippen molar-refractivity contribution in [3.05, 3.63) is 40.2 Å². The maximum atomic E-state index is 10.5. The highest BCUT2D eigenvalue weighted by Gasteiger charge is 2.11. The maximum absolute atomic E-state index is 10.5. The number of rotatable bonds is 3. The van der Waals surface area contributed by atoms with Crippen molar-refractivity contribution in [2.75, 3.05) is 0 Å². The molecular formula is C10H11N5O2. The summed E-state index contributed by atoms with van der Waals surface area (Å²) in [6.07, 6.45) is 0. The Labute approximate surface area is 97.0 Å². The summed E-state index contributed by atoms with van der Waals surface area (Å²) in [5.41, 5.74) is 6.31. The maximum Gasteiger partial charge on any atom is 0.269 e. The van der Waals surface area contributed by atoms with Gasteiger partial charge in [-0.15, -0.1) is 10.2 Å². The van der Waals surface area contributed by atoms with Gasteiger partial charge in [-0.2, -0.15) is 0 Å². The van der Waals surface area contributed by atoms with Gasteiger partial charge in [-0.05, 0) is 12.1 Å². The second-order valence-corrected chi connectivity index (χ2v) is 3.51. The summed E-state index contributed by atoms with van der Waals surface area (Å²) in [5, 5.41) is 18.4. The van der Waals surface area contributed by atoms with Crippen molar-refractivity contribution in [3.63, 3.8) is 0 Å². The van der Waals surface area contributed by atoms with Crippen molar-refractivity contribution >= 4 is 5.69 Å². The molecule has 0 aliphatic heterocycles. The topological polar surface area (TPSA) is 99.9 Å². The molecule has 7 nitrogen and oxygen atoms in total. The highest BCUT2D eigenvalue weighted by Crippen LogP contribution is 2.20. The van der Waals surface area contributed by atoms with Gasteiger partial charge in [0.15, 0.2) is 5.82 Å². The predicted molar refractivity (Wildman–Crippen MR) is 61.0 cm³/mol. The molecule has 0 saturated heterocycles. The number of nitrogens with two attached hydrogens (primary N) is 1. The summed E-state index contributed by atoms with van der Waals surface area (Å²) in [5.74, 6) is 1.30. The Morgan fingerprint density at radius 3 is 2.47 bits per heavy atom. The third-order valence-corrected chi connectivity index (χ3v) is 2.48. The van der Waals surface area contributed by atoms with Crippen molar-refractivity contribution in [2.24, 2.45) is 12.8 Å². The smallest absolute Gasteiger partial charge is 0.269 e. The number of hydrogen-bond donors (Lipinski definition) is 1. The standard InChI is InChI=1S/C10H11N5O2/c1-14-9(6-11)12-13-10(14)7-2-4-8(5-3-7)15(16)17/h2-5H,6,11H2,1H3. The molecule has 0 bridgehead atoms. The molecule has 0 aliphatic rings. The van der Waals surface area contributed by atoms with Crippen molar-refractivity contribution in [1.29, 1.82) is 0 Å². The molecular weight excluding hydrogens is 222 g/mol. The lowest BCUT2D eigenvalue weighted by molar-refractivity contribution is -0.384. The molecule has 0 spiro atoms. The van der Waals surface area contributed by atoms with Gasteiger partial charge in [0.2, 0.25) is 0 Å². The van der Waals surface area contributed by atoms with Gasteiger partial charge < -0.3 is 10.3 Å². The van der Waals surface area contributed by atoms with Crippen LogP contribution in [0.3, 0.4) is 0 Å². The molecule has 0 atom stereocenters. The molecule has 17 heavy (non-hydrogen) atoms. The zero-order chi connectivity index (χ0) is 12.4. The van der Waals surface area contributed by atoms with Crippen LogP contribution in [0.5, 0.6) is 0 Å². The SMILES string of the molecule is Cn1c(CN)nnc1-c1ccc([N+](=O)[O-])cc1. The van der Waals surface area contributed by atoms with E-state index < -0.39 is 4.92 Å². The first-order valence-corrected chi connectivity index (χ1v) is 4.96. The van der Waals surface area contributed by atoms with Gasteiger partial charge in [0.05, 0.1) is 11.5 Å². The summed E-state index contributed by atoms with van der Waals surface area (Å²) >= 11 is 0. The minimum Gasteiger partial charge on any atom is -0.324 e. The van der Waals surface area contributed by atoms with E-state index >= 15 is 0 Å². The molecule has 2 aromatic rings. The van der Waals surface area contributed by atoms with E-state index in [9.17, 15) is 10.1 Å². The largest absolute Gasteiger partial charge is 0.324 e. The van der Waals surface area contributed by atoms with Crippen LogP contribution in [0, 0.1) is 10.1 Å². The molecule has 0 radical (unpaired) electrons. The lowest BCUT2D eigenvalue weighted by Crippen LogP contribution is -2.05. The molecule has 0 fully saturated rings. The summed E-state index contributed by atoms with van der Waals surface area (Å²) in [6, 6.07) is 6.16. The molecule has 1 heterocycles. The number of hydrogen-bond acceptors (Lipinski definition) is 5. The van der Waals surface area contributed by atoms with Crippen molar-refractivity contribution in [3.8, 4) is 11.4 Å². The van der Waals surface area contributed by atoms with Gasteiger partial charge in [0, 0.05) is 24.7 Å². The van der Waals surface area contributed by atoms with Crippen molar-refractivity contribution < 1.29 is 4.92 Å². The van der Waals surface area contributed by atoms with Crippen LogP contribution < -0.4 is 5.73 Å². The summed E-state index contributed by atoms with van der Waals surface area (Å²) in [6.45, 7) is 0.302. The first kappa shape index (κ1) is 11.2. The van der Waals surface area contributed by atoms with Gasteiger partial charge in [0.1, 0.15) is 5.82 Å². The number of aromatic nitrogens is 3. The van der Waals surface area contributed by atoms with Crippen molar-refractivity contribution in [2.45, 2.75) is 6.54 Å². The van der Waals surface area contributed by atoms with Crippen LogP contribution in [0.15, 0.2) is 24.3 Å². The van der Waals surface area contributed by atoms with E-state index in [2.05, 4.69) is 10.2 Å². The minimum atomic E-state index is -0.439. The number of non-ortho nitro benzene ring substituents is 1. The fourth-order valence-electron chi connectivity index (χ4n) is 1.52. The molecule has 88 valence electrons. The van der Waals surface area contributed by atoms with Gasteiger partial charge in [-0.25, -0.2) is 0 Å². The highest BCUT2D eigenvalue weighted by atomic mass is 16.6. The van der Waals surface area contributed by atoms with E-state index in [1.165, 1.54) is 12.1 Å². The van der Waals surface area contributed by atoms with Crippen LogP contribution >= 0.6 is 0 Å². The van der Waals surface area contributed by atoms with Gasteiger partial charge in [0.25, 0.3) is 5.69 Å². The van der Waals surface area contributed by atoms with E-state index in [-0.39, 0.29) is 5.69 Å². The average Bonchev–Trinajstić information content (AvgIpc) is 2.70. The lowest BCUT2D eigenvalue weighted by Gasteiger charge is -2.02. The Morgan fingerprint density at radius 2 is 2.00 bits per heavy atom. The Bertz CT molecular complexity index is 546. The zero-order valence-electron chi connectivity index (χ0n) is 9.20. The Kier molecular flexibility index (Phi) is 2.84. The normalized spacial score (nSPS) is 10.5. The number of nitro groups is 1. The van der Waals surface area contributed by atoms with E-state index in [1.54, 1.807) is 23.7 Å². The van der Waals surface area contributed by atoms with Crippen LogP contribution in [0.4, 0.5) is 5.69 Å². The third-order valence-electron chi connectivity index (χ3n) is 2.48. The predicted octanol–water partition coefficient (Wildman–Crippen LogP) is 0.849. The van der Waals surface area contributed by atoms with Gasteiger partial charge >= 0.3 is 0 Å². The Balaban J connectivity index is 2.39. The second-order valence-electron chi connectivity index (χ2n) is 3.51. The Hall–Kier alpha value is -2.28. The number of nitrogens with zero attached hydrogens (tertiary/aromatic N) is 4. The molecule has 7 heteroatoms. The van der Waals surface area contributed by atoms with Gasteiger partial charge in [-0.3, -0.25) is 10.1 Å².